The van der Waals surface area contributed by atoms with Crippen LogP contribution in [0, 0.1) is 5.92 Å². The van der Waals surface area contributed by atoms with Gasteiger partial charge in [0.2, 0.25) is 0 Å². The van der Waals surface area contributed by atoms with Crippen LogP contribution in [0.4, 0.5) is 0 Å². The van der Waals surface area contributed by atoms with Crippen LogP contribution in [0.2, 0.25) is 0 Å². The second kappa shape index (κ2) is 5.55. The Bertz CT molecular complexity index is 108. The lowest BCUT2D eigenvalue weighted by molar-refractivity contribution is -0.0298. The third-order valence-corrected chi connectivity index (χ3v) is 2.36. The molecule has 12 heavy (non-hydrogen) atoms. The first-order valence-corrected chi connectivity index (χ1v) is 4.89. The van der Waals surface area contributed by atoms with Crippen LogP contribution in [0.5, 0.6) is 0 Å². The van der Waals surface area contributed by atoms with E-state index in [0.29, 0.717) is 12.5 Å². The summed E-state index contributed by atoms with van der Waals surface area (Å²) in [6, 6.07) is 0. The monoisotopic (exact) mass is 173 g/mol. The Labute approximate surface area is 76.5 Å². The quantitative estimate of drug-likeness (QED) is 0.668. The van der Waals surface area contributed by atoms with E-state index < -0.39 is 0 Å². The molecule has 74 valence electrons. The van der Waals surface area contributed by atoms with Gasteiger partial charge in [0.05, 0.1) is 12.2 Å². The molecular weight excluding hydrogens is 150 g/mol. The van der Waals surface area contributed by atoms with E-state index in [-0.39, 0.29) is 5.60 Å². The zero-order chi connectivity index (χ0) is 9.61. The molecule has 0 amide bonds. The maximum absolute atomic E-state index is 5.70. The van der Waals surface area contributed by atoms with Crippen LogP contribution in [0.3, 0.4) is 0 Å². The van der Waals surface area contributed by atoms with E-state index in [0.717, 1.165) is 6.61 Å². The Morgan fingerprint density at radius 2 is 1.75 bits per heavy atom. The van der Waals surface area contributed by atoms with Crippen molar-refractivity contribution in [1.29, 1.82) is 0 Å². The summed E-state index contributed by atoms with van der Waals surface area (Å²) in [5, 5.41) is 0. The summed E-state index contributed by atoms with van der Waals surface area (Å²) < 4.78 is 5.70. The van der Waals surface area contributed by atoms with Crippen LogP contribution in [0.15, 0.2) is 0 Å². The molecule has 0 saturated heterocycles. The molecule has 0 spiro atoms. The molecule has 0 aromatic rings. The third-order valence-electron chi connectivity index (χ3n) is 2.36. The molecule has 0 bridgehead atoms. The summed E-state index contributed by atoms with van der Waals surface area (Å²) in [7, 11) is 0. The van der Waals surface area contributed by atoms with E-state index in [2.05, 4.69) is 13.8 Å². The maximum atomic E-state index is 5.70. The van der Waals surface area contributed by atoms with E-state index in [1.54, 1.807) is 0 Å². The van der Waals surface area contributed by atoms with Gasteiger partial charge < -0.3 is 10.5 Å². The highest BCUT2D eigenvalue weighted by Gasteiger charge is 2.17. The lowest BCUT2D eigenvalue weighted by atomic mass is 10.0. The second-order valence-corrected chi connectivity index (χ2v) is 3.96. The molecule has 0 atom stereocenters. The van der Waals surface area contributed by atoms with Crippen molar-refractivity contribution in [1.82, 2.24) is 0 Å². The molecule has 0 rings (SSSR count). The number of nitrogens with two attached hydrogens (primary N) is 1. The molecule has 2 nitrogen and oxygen atoms in total. The molecule has 0 aliphatic carbocycles. The molecule has 0 unspecified atom stereocenters. The van der Waals surface area contributed by atoms with Gasteiger partial charge in [-0.2, -0.15) is 0 Å². The highest BCUT2D eigenvalue weighted by molar-refractivity contribution is 4.69. The van der Waals surface area contributed by atoms with Gasteiger partial charge in [0, 0.05) is 6.54 Å². The summed E-state index contributed by atoms with van der Waals surface area (Å²) in [5.41, 5.74) is 5.40. The Balaban J connectivity index is 3.65. The minimum atomic E-state index is -0.150. The minimum absolute atomic E-state index is 0.150. The van der Waals surface area contributed by atoms with Crippen molar-refractivity contribution in [3.8, 4) is 0 Å². The van der Waals surface area contributed by atoms with Crippen LogP contribution in [-0.4, -0.2) is 18.8 Å². The zero-order valence-electron chi connectivity index (χ0n) is 8.89. The van der Waals surface area contributed by atoms with Crippen LogP contribution in [0.1, 0.15) is 40.5 Å². The van der Waals surface area contributed by atoms with Gasteiger partial charge in [0.15, 0.2) is 0 Å². The third kappa shape index (κ3) is 4.73. The van der Waals surface area contributed by atoms with Gasteiger partial charge in [0.1, 0.15) is 0 Å². The number of ether oxygens (including phenoxy) is 1. The van der Waals surface area contributed by atoms with Gasteiger partial charge >= 0.3 is 0 Å². The molecular formula is C10H23NO. The van der Waals surface area contributed by atoms with Crippen molar-refractivity contribution in [3.63, 3.8) is 0 Å². The smallest absolute Gasteiger partial charge is 0.0748 e. The maximum Gasteiger partial charge on any atom is 0.0748 e. The lowest BCUT2D eigenvalue weighted by Crippen LogP contribution is -2.35. The Morgan fingerprint density at radius 3 is 2.08 bits per heavy atom. The summed E-state index contributed by atoms with van der Waals surface area (Å²) in [5.74, 6) is 0.691. The van der Waals surface area contributed by atoms with Gasteiger partial charge in [-0.15, -0.1) is 0 Å². The van der Waals surface area contributed by atoms with Crippen molar-refractivity contribution in [2.45, 2.75) is 46.1 Å². The number of hydrogen-bond acceptors (Lipinski definition) is 2. The molecule has 0 heterocycles. The highest BCUT2D eigenvalue weighted by atomic mass is 16.5. The average molecular weight is 173 g/mol. The molecule has 0 radical (unpaired) electrons. The van der Waals surface area contributed by atoms with E-state index in [9.17, 15) is 0 Å². The first kappa shape index (κ1) is 11.9. The van der Waals surface area contributed by atoms with E-state index in [1.165, 1.54) is 12.8 Å². The van der Waals surface area contributed by atoms with Gasteiger partial charge in [-0.05, 0) is 19.8 Å². The Kier molecular flexibility index (Phi) is 5.51. The summed E-state index contributed by atoms with van der Waals surface area (Å²) >= 11 is 0. The highest BCUT2D eigenvalue weighted by Crippen LogP contribution is 2.13. The lowest BCUT2D eigenvalue weighted by Gasteiger charge is -2.25. The molecule has 0 aliphatic rings. The summed E-state index contributed by atoms with van der Waals surface area (Å²) in [6.45, 7) is 9.91. The van der Waals surface area contributed by atoms with Crippen LogP contribution < -0.4 is 5.73 Å². The fourth-order valence-corrected chi connectivity index (χ4v) is 0.927. The molecule has 2 heteroatoms. The second-order valence-electron chi connectivity index (χ2n) is 3.96. The fraction of sp³-hybridized carbons (Fsp3) is 1.00. The van der Waals surface area contributed by atoms with Crippen molar-refractivity contribution < 1.29 is 4.74 Å². The number of hydrogen-bond donors (Lipinski definition) is 1. The molecule has 0 fully saturated rings. The van der Waals surface area contributed by atoms with Crippen LogP contribution >= 0.6 is 0 Å². The SMILES string of the molecule is CCC(CC)COC(C)(C)CN. The Morgan fingerprint density at radius 1 is 1.25 bits per heavy atom. The molecule has 2 N–H and O–H groups in total. The van der Waals surface area contributed by atoms with Crippen molar-refractivity contribution in [2.24, 2.45) is 11.7 Å². The average Bonchev–Trinajstić information content (AvgIpc) is 2.06. The van der Waals surface area contributed by atoms with E-state index in [4.69, 9.17) is 10.5 Å². The first-order chi connectivity index (χ1) is 5.55. The molecule has 0 aromatic heterocycles. The largest absolute Gasteiger partial charge is 0.374 e. The normalized spacial score (nSPS) is 12.5. The van der Waals surface area contributed by atoms with Gasteiger partial charge in [-0.25, -0.2) is 0 Å². The van der Waals surface area contributed by atoms with Crippen molar-refractivity contribution in [2.75, 3.05) is 13.2 Å². The standard InChI is InChI=1S/C10H23NO/c1-5-9(6-2)7-12-10(3,4)8-11/h9H,5-8,11H2,1-4H3. The predicted molar refractivity (Wildman–Crippen MR) is 53.2 cm³/mol. The minimum Gasteiger partial charge on any atom is -0.374 e. The predicted octanol–water partition coefficient (Wildman–Crippen LogP) is 2.18. The van der Waals surface area contributed by atoms with E-state index >= 15 is 0 Å². The Hall–Kier alpha value is -0.0800. The molecule has 0 aromatic carbocycles. The zero-order valence-corrected chi connectivity index (χ0v) is 8.89. The van der Waals surface area contributed by atoms with E-state index in [1.807, 2.05) is 13.8 Å². The topological polar surface area (TPSA) is 35.2 Å². The number of rotatable bonds is 6. The van der Waals surface area contributed by atoms with Gasteiger partial charge in [0.25, 0.3) is 0 Å². The van der Waals surface area contributed by atoms with Crippen LogP contribution in [-0.2, 0) is 4.74 Å². The van der Waals surface area contributed by atoms with Crippen molar-refractivity contribution >= 4 is 0 Å². The summed E-state index contributed by atoms with van der Waals surface area (Å²) in [4.78, 5) is 0. The molecule has 0 aliphatic heterocycles. The summed E-state index contributed by atoms with van der Waals surface area (Å²) in [6.07, 6.45) is 2.38. The van der Waals surface area contributed by atoms with Gasteiger partial charge in [-0.3, -0.25) is 0 Å². The first-order valence-electron chi connectivity index (χ1n) is 4.89. The van der Waals surface area contributed by atoms with Gasteiger partial charge in [-0.1, -0.05) is 26.7 Å². The fourth-order valence-electron chi connectivity index (χ4n) is 0.927. The van der Waals surface area contributed by atoms with Crippen LogP contribution in [0.25, 0.3) is 0 Å². The van der Waals surface area contributed by atoms with Crippen molar-refractivity contribution in [3.05, 3.63) is 0 Å². The molecule has 0 saturated carbocycles.